The third-order valence-electron chi connectivity index (χ3n) is 7.84. The second kappa shape index (κ2) is 10.5. The molecule has 0 bridgehead atoms. The zero-order valence-electron chi connectivity index (χ0n) is 22.6. The Balaban J connectivity index is 1.28. The fraction of sp³-hybridized carbons (Fsp3) is 0.176. The third-order valence-corrected chi connectivity index (χ3v) is 8.19. The number of halogens is 1. The van der Waals surface area contributed by atoms with E-state index in [4.69, 9.17) is 20.8 Å². The second-order valence-corrected chi connectivity index (χ2v) is 10.9. The molecule has 1 fully saturated rings. The van der Waals surface area contributed by atoms with Crippen molar-refractivity contribution in [3.8, 4) is 22.5 Å². The summed E-state index contributed by atoms with van der Waals surface area (Å²) in [5.74, 6) is -0.238. The number of aryl methyl sites for hydroxylation is 1. The number of aliphatic carboxylic acids is 1. The lowest BCUT2D eigenvalue weighted by Crippen LogP contribution is -2.19. The van der Waals surface area contributed by atoms with E-state index in [9.17, 15) is 14.7 Å². The van der Waals surface area contributed by atoms with Crippen molar-refractivity contribution in [1.82, 2.24) is 0 Å². The standard InChI is InChI=1S/C34H28ClNO5/c1-20-6-5-8-27-29(36-33(39)40-21(2)26-7-3-4-9-28(26)35)31(41-30(20)27)24-12-10-22(11-13-24)23-14-16-25(17-15-23)34(18-19-34)32(37)38/h3-17,21H,18-19H2,1-2H3,(H,36,39)(H,37,38)/t21-/m1/s1. The van der Waals surface area contributed by atoms with Crippen LogP contribution >= 0.6 is 11.6 Å². The van der Waals surface area contributed by atoms with Crippen LogP contribution < -0.4 is 5.32 Å². The normalized spacial score (nSPS) is 14.4. The summed E-state index contributed by atoms with van der Waals surface area (Å²) in [4.78, 5) is 24.7. The third kappa shape index (κ3) is 4.96. The molecule has 0 saturated heterocycles. The Morgan fingerprint density at radius 3 is 2.17 bits per heavy atom. The predicted octanol–water partition coefficient (Wildman–Crippen LogP) is 9.15. The Morgan fingerprint density at radius 2 is 1.54 bits per heavy atom. The summed E-state index contributed by atoms with van der Waals surface area (Å²) in [5, 5.41) is 13.8. The van der Waals surface area contributed by atoms with Gasteiger partial charge in [0.2, 0.25) is 0 Å². The van der Waals surface area contributed by atoms with Gasteiger partial charge in [-0.3, -0.25) is 10.1 Å². The molecule has 1 atom stereocenters. The largest absolute Gasteiger partial charge is 0.481 e. The highest BCUT2D eigenvalue weighted by Gasteiger charge is 2.51. The molecule has 1 saturated carbocycles. The number of carbonyl (C=O) groups excluding carboxylic acids is 1. The number of hydrogen-bond acceptors (Lipinski definition) is 4. The topological polar surface area (TPSA) is 88.8 Å². The summed E-state index contributed by atoms with van der Waals surface area (Å²) in [6.07, 6.45) is 0.184. The average Bonchev–Trinajstić information content (AvgIpc) is 3.71. The molecule has 1 aliphatic rings. The first-order valence-corrected chi connectivity index (χ1v) is 13.8. The maximum atomic E-state index is 13.0. The summed E-state index contributed by atoms with van der Waals surface area (Å²) in [6.45, 7) is 3.73. The summed E-state index contributed by atoms with van der Waals surface area (Å²) < 4.78 is 12.0. The molecule has 5 aromatic rings. The minimum Gasteiger partial charge on any atom is -0.481 e. The van der Waals surface area contributed by atoms with Crippen LogP contribution in [0, 0.1) is 6.92 Å². The number of carbonyl (C=O) groups is 2. The van der Waals surface area contributed by atoms with Crippen molar-refractivity contribution in [2.75, 3.05) is 5.32 Å². The van der Waals surface area contributed by atoms with Crippen molar-refractivity contribution in [3.63, 3.8) is 0 Å². The number of benzene rings is 4. The van der Waals surface area contributed by atoms with E-state index in [0.29, 0.717) is 34.9 Å². The van der Waals surface area contributed by atoms with Crippen LogP contribution in [0.3, 0.4) is 0 Å². The van der Waals surface area contributed by atoms with Gasteiger partial charge in [-0.1, -0.05) is 90.5 Å². The fourth-order valence-electron chi connectivity index (χ4n) is 5.29. The first-order valence-electron chi connectivity index (χ1n) is 13.5. The van der Waals surface area contributed by atoms with E-state index in [-0.39, 0.29) is 0 Å². The number of carboxylic acids is 1. The first-order chi connectivity index (χ1) is 19.8. The molecule has 0 aliphatic heterocycles. The van der Waals surface area contributed by atoms with E-state index >= 15 is 0 Å². The molecule has 1 amide bonds. The van der Waals surface area contributed by atoms with Crippen LogP contribution in [0.1, 0.15) is 42.6 Å². The molecule has 41 heavy (non-hydrogen) atoms. The molecule has 7 heteroatoms. The molecule has 2 N–H and O–H groups in total. The molecule has 0 unspecified atom stereocenters. The summed E-state index contributed by atoms with van der Waals surface area (Å²) >= 11 is 6.30. The molecule has 206 valence electrons. The average molecular weight is 566 g/mol. The van der Waals surface area contributed by atoms with Crippen LogP contribution in [-0.4, -0.2) is 17.2 Å². The number of carboxylic acid groups (broad SMARTS) is 1. The number of furan rings is 1. The number of nitrogens with one attached hydrogen (secondary N) is 1. The van der Waals surface area contributed by atoms with Gasteiger partial charge in [-0.15, -0.1) is 0 Å². The Bertz CT molecular complexity index is 1770. The quantitative estimate of drug-likeness (QED) is 0.205. The van der Waals surface area contributed by atoms with Gasteiger partial charge in [0.25, 0.3) is 0 Å². The summed E-state index contributed by atoms with van der Waals surface area (Å²) in [6, 6.07) is 28.6. The minimum atomic E-state index is -0.762. The molecule has 0 radical (unpaired) electrons. The monoisotopic (exact) mass is 565 g/mol. The first kappa shape index (κ1) is 26.7. The molecular formula is C34H28ClNO5. The Morgan fingerprint density at radius 1 is 0.902 bits per heavy atom. The Hall–Kier alpha value is -4.55. The van der Waals surface area contributed by atoms with E-state index in [2.05, 4.69) is 5.32 Å². The molecule has 1 aliphatic carbocycles. The van der Waals surface area contributed by atoms with Crippen molar-refractivity contribution in [3.05, 3.63) is 113 Å². The van der Waals surface area contributed by atoms with E-state index in [0.717, 1.165) is 38.8 Å². The highest BCUT2D eigenvalue weighted by molar-refractivity contribution is 6.31. The SMILES string of the molecule is Cc1cccc2c(NC(=O)O[C@H](C)c3ccccc3Cl)c(-c3ccc(-c4ccc(C5(C(=O)O)CC5)cc4)cc3)oc12. The fourth-order valence-corrected chi connectivity index (χ4v) is 5.58. The Labute approximate surface area is 242 Å². The maximum Gasteiger partial charge on any atom is 0.412 e. The number of hydrogen-bond donors (Lipinski definition) is 2. The summed E-state index contributed by atoms with van der Waals surface area (Å²) in [5.41, 5.74) is 5.75. The molecule has 1 aromatic heterocycles. The van der Waals surface area contributed by atoms with Gasteiger partial charge in [-0.05, 0) is 61.1 Å². The van der Waals surface area contributed by atoms with Crippen molar-refractivity contribution >= 4 is 40.3 Å². The molecule has 0 spiro atoms. The van der Waals surface area contributed by atoms with Gasteiger partial charge in [-0.2, -0.15) is 0 Å². The number of anilines is 1. The predicted molar refractivity (Wildman–Crippen MR) is 160 cm³/mol. The maximum absolute atomic E-state index is 13.0. The molecule has 1 heterocycles. The van der Waals surface area contributed by atoms with Crippen LogP contribution in [-0.2, 0) is 14.9 Å². The van der Waals surface area contributed by atoms with Crippen LogP contribution in [0.2, 0.25) is 5.02 Å². The van der Waals surface area contributed by atoms with E-state index in [1.165, 1.54) is 0 Å². The van der Waals surface area contributed by atoms with Crippen molar-refractivity contribution in [2.24, 2.45) is 0 Å². The van der Waals surface area contributed by atoms with Crippen LogP contribution in [0.5, 0.6) is 0 Å². The molecule has 4 aromatic carbocycles. The zero-order chi connectivity index (χ0) is 28.7. The minimum absolute atomic E-state index is 0.524. The molecular weight excluding hydrogens is 538 g/mol. The number of ether oxygens (including phenoxy) is 1. The smallest absolute Gasteiger partial charge is 0.412 e. The van der Waals surface area contributed by atoms with Crippen LogP contribution in [0.4, 0.5) is 10.5 Å². The highest BCUT2D eigenvalue weighted by atomic mass is 35.5. The van der Waals surface area contributed by atoms with Crippen molar-refractivity contribution in [1.29, 1.82) is 0 Å². The van der Waals surface area contributed by atoms with Gasteiger partial charge >= 0.3 is 12.1 Å². The van der Waals surface area contributed by atoms with E-state index in [1.54, 1.807) is 13.0 Å². The van der Waals surface area contributed by atoms with E-state index in [1.807, 2.05) is 91.9 Å². The zero-order valence-corrected chi connectivity index (χ0v) is 23.4. The van der Waals surface area contributed by atoms with Gasteiger partial charge < -0.3 is 14.3 Å². The van der Waals surface area contributed by atoms with Gasteiger partial charge in [0.1, 0.15) is 11.7 Å². The van der Waals surface area contributed by atoms with Gasteiger partial charge in [-0.25, -0.2) is 4.79 Å². The number of rotatable bonds is 7. The molecule has 6 rings (SSSR count). The second-order valence-electron chi connectivity index (χ2n) is 10.5. The number of para-hydroxylation sites is 1. The highest BCUT2D eigenvalue weighted by Crippen LogP contribution is 2.48. The van der Waals surface area contributed by atoms with Crippen LogP contribution in [0.15, 0.2) is 95.4 Å². The molecule has 6 nitrogen and oxygen atoms in total. The van der Waals surface area contributed by atoms with Gasteiger partial charge in [0.15, 0.2) is 5.76 Å². The lowest BCUT2D eigenvalue weighted by molar-refractivity contribution is -0.140. The summed E-state index contributed by atoms with van der Waals surface area (Å²) in [7, 11) is 0. The Kier molecular flexibility index (Phi) is 6.80. The lowest BCUT2D eigenvalue weighted by Gasteiger charge is -2.15. The number of amides is 1. The lowest BCUT2D eigenvalue weighted by atomic mass is 9.93. The van der Waals surface area contributed by atoms with Gasteiger partial charge in [0, 0.05) is 21.5 Å². The van der Waals surface area contributed by atoms with E-state index < -0.39 is 23.6 Å². The van der Waals surface area contributed by atoms with Crippen LogP contribution in [0.25, 0.3) is 33.4 Å². The van der Waals surface area contributed by atoms with Crippen molar-refractivity contribution in [2.45, 2.75) is 38.2 Å². The number of fused-ring (bicyclic) bond motifs is 1. The van der Waals surface area contributed by atoms with Crippen molar-refractivity contribution < 1.29 is 23.8 Å². The van der Waals surface area contributed by atoms with Gasteiger partial charge in [0.05, 0.1) is 11.1 Å².